The number of allylic oxidation sites excluding steroid dienone is 1. The number of hydrogen-bond donors (Lipinski definition) is 0. The van der Waals surface area contributed by atoms with Crippen LogP contribution in [0, 0.1) is 6.92 Å². The molecule has 0 N–H and O–H groups in total. The molecule has 0 aliphatic heterocycles. The van der Waals surface area contributed by atoms with Gasteiger partial charge in [-0.05, 0) is 34.6 Å². The highest BCUT2D eigenvalue weighted by atomic mass is 14.6. The first-order valence-corrected chi connectivity index (χ1v) is 7.84. The average Bonchev–Trinajstić information content (AvgIpc) is 2.63. The quantitative estimate of drug-likeness (QED) is 0.607. The zero-order valence-corrected chi connectivity index (χ0v) is 13.3. The smallest absolute Gasteiger partial charge is 0.0187 e. The van der Waals surface area contributed by atoms with E-state index in [9.17, 15) is 0 Å². The van der Waals surface area contributed by atoms with E-state index in [1.807, 2.05) is 0 Å². The summed E-state index contributed by atoms with van der Waals surface area (Å²) in [5.41, 5.74) is 7.56. The summed E-state index contributed by atoms with van der Waals surface area (Å²) in [6.07, 6.45) is 4.75. The topological polar surface area (TPSA) is 0 Å². The minimum absolute atomic E-state index is 0.112. The van der Waals surface area contributed by atoms with Crippen molar-refractivity contribution in [1.29, 1.82) is 0 Å². The second kappa shape index (κ2) is 3.88. The van der Waals surface area contributed by atoms with E-state index in [0.29, 0.717) is 5.92 Å². The molecule has 4 rings (SSSR count). The maximum absolute atomic E-state index is 2.43. The maximum Gasteiger partial charge on any atom is 0.0187 e. The van der Waals surface area contributed by atoms with Crippen molar-refractivity contribution in [3.05, 3.63) is 76.4 Å². The first kappa shape index (κ1) is 12.9. The minimum atomic E-state index is 0.112. The highest BCUT2D eigenvalue weighted by Crippen LogP contribution is 2.61. The van der Waals surface area contributed by atoms with Gasteiger partial charge in [-0.15, -0.1) is 0 Å². The van der Waals surface area contributed by atoms with Crippen molar-refractivity contribution >= 4 is 6.08 Å². The van der Waals surface area contributed by atoms with E-state index >= 15 is 0 Å². The summed E-state index contributed by atoms with van der Waals surface area (Å²) >= 11 is 0. The van der Waals surface area contributed by atoms with Crippen molar-refractivity contribution < 1.29 is 0 Å². The summed E-state index contributed by atoms with van der Waals surface area (Å²) in [6.45, 7) is 9.44. The predicted octanol–water partition coefficient (Wildman–Crippen LogP) is 5.35. The lowest BCUT2D eigenvalue weighted by Crippen LogP contribution is -2.34. The summed E-state index contributed by atoms with van der Waals surface area (Å²) in [5, 5.41) is 0. The van der Waals surface area contributed by atoms with Gasteiger partial charge in [-0.3, -0.25) is 0 Å². The van der Waals surface area contributed by atoms with Crippen molar-refractivity contribution in [3.8, 4) is 0 Å². The van der Waals surface area contributed by atoms with Gasteiger partial charge in [0.2, 0.25) is 0 Å². The molecule has 2 aromatic rings. The standard InChI is InChI=1S/C21H22/c1-14-9-10-17-18(13-14)20(2,3)19-16-8-6-5-7-15(16)11-12-21(17,19)4/h5-13,19H,1-4H3/t19-,21+/m0/s1. The molecule has 0 amide bonds. The van der Waals surface area contributed by atoms with E-state index in [0.717, 1.165) is 0 Å². The number of benzene rings is 2. The first-order chi connectivity index (χ1) is 9.94. The Morgan fingerprint density at radius 1 is 0.905 bits per heavy atom. The molecular weight excluding hydrogens is 252 g/mol. The van der Waals surface area contributed by atoms with Crippen molar-refractivity contribution in [3.63, 3.8) is 0 Å². The fourth-order valence-electron chi connectivity index (χ4n) is 4.81. The van der Waals surface area contributed by atoms with Crippen molar-refractivity contribution in [1.82, 2.24) is 0 Å². The zero-order valence-electron chi connectivity index (χ0n) is 13.3. The molecule has 21 heavy (non-hydrogen) atoms. The maximum atomic E-state index is 2.43. The molecular formula is C21H22. The van der Waals surface area contributed by atoms with Gasteiger partial charge in [0, 0.05) is 11.3 Å². The van der Waals surface area contributed by atoms with Gasteiger partial charge in [-0.2, -0.15) is 0 Å². The Morgan fingerprint density at radius 2 is 1.67 bits per heavy atom. The van der Waals surface area contributed by atoms with Gasteiger partial charge in [0.05, 0.1) is 0 Å². The molecule has 0 nitrogen and oxygen atoms in total. The van der Waals surface area contributed by atoms with Crippen LogP contribution in [0.3, 0.4) is 0 Å². The average molecular weight is 274 g/mol. The highest BCUT2D eigenvalue weighted by molar-refractivity contribution is 5.68. The molecule has 0 spiro atoms. The Bertz CT molecular complexity index is 763. The van der Waals surface area contributed by atoms with Gasteiger partial charge in [0.15, 0.2) is 0 Å². The van der Waals surface area contributed by atoms with Crippen LogP contribution >= 0.6 is 0 Å². The number of rotatable bonds is 0. The Labute approximate surface area is 127 Å². The summed E-state index contributed by atoms with van der Waals surface area (Å²) in [5.74, 6) is 0.517. The Hall–Kier alpha value is -1.82. The van der Waals surface area contributed by atoms with Crippen molar-refractivity contribution in [2.45, 2.75) is 44.4 Å². The molecule has 106 valence electrons. The normalized spacial score (nSPS) is 27.9. The molecule has 0 fully saturated rings. The SMILES string of the molecule is Cc1ccc2c(c1)C(C)(C)[C@@H]1c3ccccc3C=C[C@]21C. The molecule has 2 atom stereocenters. The molecule has 0 radical (unpaired) electrons. The van der Waals surface area contributed by atoms with Crippen LogP contribution in [0.15, 0.2) is 48.5 Å². The van der Waals surface area contributed by atoms with Crippen LogP contribution in [0.4, 0.5) is 0 Å². The van der Waals surface area contributed by atoms with Crippen molar-refractivity contribution in [2.75, 3.05) is 0 Å². The van der Waals surface area contributed by atoms with Crippen LogP contribution in [-0.4, -0.2) is 0 Å². The fraction of sp³-hybridized carbons (Fsp3) is 0.333. The van der Waals surface area contributed by atoms with Crippen LogP contribution in [0.5, 0.6) is 0 Å². The van der Waals surface area contributed by atoms with E-state index in [1.165, 1.54) is 27.8 Å². The Morgan fingerprint density at radius 3 is 2.48 bits per heavy atom. The molecule has 0 unspecified atom stereocenters. The van der Waals surface area contributed by atoms with E-state index in [4.69, 9.17) is 0 Å². The molecule has 2 aliphatic carbocycles. The minimum Gasteiger partial charge on any atom is -0.0730 e. The van der Waals surface area contributed by atoms with Gasteiger partial charge in [0.1, 0.15) is 0 Å². The molecule has 0 heterocycles. The van der Waals surface area contributed by atoms with Crippen LogP contribution in [0.2, 0.25) is 0 Å². The van der Waals surface area contributed by atoms with Gasteiger partial charge in [-0.25, -0.2) is 0 Å². The molecule has 2 aromatic carbocycles. The third kappa shape index (κ3) is 1.51. The lowest BCUT2D eigenvalue weighted by atomic mass is 9.62. The summed E-state index contributed by atoms with van der Waals surface area (Å²) in [4.78, 5) is 0. The molecule has 0 heteroatoms. The van der Waals surface area contributed by atoms with Crippen LogP contribution in [-0.2, 0) is 10.8 Å². The monoisotopic (exact) mass is 274 g/mol. The number of hydrogen-bond acceptors (Lipinski definition) is 0. The van der Waals surface area contributed by atoms with E-state index in [1.54, 1.807) is 0 Å². The first-order valence-electron chi connectivity index (χ1n) is 7.84. The van der Waals surface area contributed by atoms with Crippen LogP contribution in [0.25, 0.3) is 6.08 Å². The number of aryl methyl sites for hydroxylation is 1. The third-order valence-electron chi connectivity index (χ3n) is 5.69. The second-order valence-corrected chi connectivity index (χ2v) is 7.45. The Kier molecular flexibility index (Phi) is 2.38. The summed E-state index contributed by atoms with van der Waals surface area (Å²) in [7, 11) is 0. The zero-order chi connectivity index (χ0) is 14.8. The number of fused-ring (bicyclic) bond motifs is 5. The summed E-state index contributed by atoms with van der Waals surface area (Å²) < 4.78 is 0. The van der Waals surface area contributed by atoms with E-state index in [-0.39, 0.29) is 10.8 Å². The predicted molar refractivity (Wildman–Crippen MR) is 89.8 cm³/mol. The molecule has 0 aromatic heterocycles. The van der Waals surface area contributed by atoms with E-state index < -0.39 is 0 Å². The van der Waals surface area contributed by atoms with Gasteiger partial charge < -0.3 is 0 Å². The lowest BCUT2D eigenvalue weighted by molar-refractivity contribution is 0.355. The van der Waals surface area contributed by atoms with Gasteiger partial charge in [-0.1, -0.05) is 81.0 Å². The molecule has 2 aliphatic rings. The third-order valence-corrected chi connectivity index (χ3v) is 5.69. The fourth-order valence-corrected chi connectivity index (χ4v) is 4.81. The molecule has 0 saturated heterocycles. The highest BCUT2D eigenvalue weighted by Gasteiger charge is 2.54. The largest absolute Gasteiger partial charge is 0.0730 e. The van der Waals surface area contributed by atoms with E-state index in [2.05, 4.69) is 82.3 Å². The second-order valence-electron chi connectivity index (χ2n) is 7.45. The Balaban J connectivity index is 2.05. The summed E-state index contributed by atoms with van der Waals surface area (Å²) in [6, 6.07) is 15.9. The van der Waals surface area contributed by atoms with Gasteiger partial charge in [0.25, 0.3) is 0 Å². The lowest BCUT2D eigenvalue weighted by Gasteiger charge is -2.40. The van der Waals surface area contributed by atoms with Crippen molar-refractivity contribution in [2.24, 2.45) is 0 Å². The van der Waals surface area contributed by atoms with Crippen LogP contribution < -0.4 is 0 Å². The van der Waals surface area contributed by atoms with Crippen LogP contribution in [0.1, 0.15) is 54.5 Å². The molecule has 0 bridgehead atoms. The molecule has 0 saturated carbocycles. The van der Waals surface area contributed by atoms with Gasteiger partial charge >= 0.3 is 0 Å².